The van der Waals surface area contributed by atoms with Crippen LogP contribution in [0, 0.1) is 35.8 Å². The standard InChI is InChI=1S/C90H48N6/c1-93-77-49-56-20-16-36-80(68(56)50-78(77)94-2)96(84-38-18-34-76-88(84)64-26-8-14-32-74(64)90(76)71-29-11-5-23-61(71)62-24-6-12-30-72(62)90)82-46-42-54-39-43-65-81(45-41-53-40-44-66(82)86(54)85(53)65)95(79-35-15-19-55-47-57(51-91)58(52-92)48-67(55)79)83-37-17-33-75-87(83)63-25-7-13-31-73(63)89(75)69-27-9-3-21-59(69)60-22-4-10-28-70(60)89/h3-50H. The summed E-state index contributed by atoms with van der Waals surface area (Å²) in [6, 6.07) is 110. The highest BCUT2D eigenvalue weighted by Crippen LogP contribution is 2.67. The Kier molecular flexibility index (Phi) is 10.9. The largest absolute Gasteiger partial charge is 0.309 e. The van der Waals surface area contributed by atoms with E-state index in [9.17, 15) is 10.5 Å². The predicted molar refractivity (Wildman–Crippen MR) is 389 cm³/mol. The molecular weight excluding hydrogens is 1170 g/mol. The second-order valence-electron chi connectivity index (χ2n) is 25.6. The lowest BCUT2D eigenvalue weighted by atomic mass is 9.70. The zero-order chi connectivity index (χ0) is 63.7. The Morgan fingerprint density at radius 3 is 1.02 bits per heavy atom. The highest BCUT2D eigenvalue weighted by Gasteiger charge is 2.54. The van der Waals surface area contributed by atoms with Crippen LogP contribution in [0.25, 0.3) is 108 Å². The molecule has 0 saturated heterocycles. The van der Waals surface area contributed by atoms with Crippen LogP contribution >= 0.6 is 0 Å². The minimum Gasteiger partial charge on any atom is -0.309 e. The summed E-state index contributed by atoms with van der Waals surface area (Å²) in [6.07, 6.45) is 0. The molecule has 438 valence electrons. The van der Waals surface area contributed by atoms with Crippen LogP contribution in [0.1, 0.15) is 55.6 Å². The third-order valence-corrected chi connectivity index (χ3v) is 21.5. The zero-order valence-corrected chi connectivity index (χ0v) is 51.4. The van der Waals surface area contributed by atoms with Crippen LogP contribution in [0.2, 0.25) is 0 Å². The summed E-state index contributed by atoms with van der Waals surface area (Å²) in [6.45, 7) is 16.6. The van der Waals surface area contributed by atoms with Crippen molar-refractivity contribution in [3.63, 3.8) is 0 Å². The van der Waals surface area contributed by atoms with E-state index in [1.54, 1.807) is 0 Å². The smallest absolute Gasteiger partial charge is 0.195 e. The average Bonchev–Trinajstić information content (AvgIpc) is 1.51. The molecule has 0 fully saturated rings. The summed E-state index contributed by atoms with van der Waals surface area (Å²) < 4.78 is 0. The molecule has 20 rings (SSSR count). The summed E-state index contributed by atoms with van der Waals surface area (Å²) in [5.74, 6) is 0. The topological polar surface area (TPSA) is 62.8 Å². The van der Waals surface area contributed by atoms with Gasteiger partial charge in [0.15, 0.2) is 11.4 Å². The Labute approximate surface area is 553 Å². The van der Waals surface area contributed by atoms with Crippen molar-refractivity contribution in [3.05, 3.63) is 370 Å². The van der Waals surface area contributed by atoms with Gasteiger partial charge < -0.3 is 9.80 Å². The van der Waals surface area contributed by atoms with Crippen molar-refractivity contribution in [1.29, 1.82) is 10.5 Å². The normalized spacial score (nSPS) is 13.3. The van der Waals surface area contributed by atoms with Crippen molar-refractivity contribution in [2.75, 3.05) is 9.80 Å². The van der Waals surface area contributed by atoms with E-state index in [1.807, 2.05) is 30.3 Å². The fourth-order valence-corrected chi connectivity index (χ4v) is 17.9. The maximum Gasteiger partial charge on any atom is 0.195 e. The SMILES string of the molecule is [C-]#[N+]c1cc2cccc(N(c3cccc4c3-c3ccccc3C43c4ccccc4-c4ccccc43)c3ccc4ccc5c(N(c6cccc7c6-c6ccccc6C76c7ccccc7-c7ccccc76)c6cccc7cc(C#N)c(C#N)cc67)ccc6ccc3c4c65)c2cc1[N+]#[C-]. The van der Waals surface area contributed by atoms with Gasteiger partial charge in [0.05, 0.1) is 69.2 Å². The third kappa shape index (κ3) is 6.68. The summed E-state index contributed by atoms with van der Waals surface area (Å²) in [5, 5.41) is 31.0. The number of fused-ring (bicyclic) bond motifs is 22. The highest BCUT2D eigenvalue weighted by atomic mass is 15.2. The molecule has 0 aromatic heterocycles. The number of hydrogen-bond donors (Lipinski definition) is 0. The van der Waals surface area contributed by atoms with Gasteiger partial charge in [-0.3, -0.25) is 9.69 Å². The quantitative estimate of drug-likeness (QED) is 0.123. The summed E-state index contributed by atoms with van der Waals surface area (Å²) in [5.41, 5.74) is 25.0. The van der Waals surface area contributed by atoms with Crippen molar-refractivity contribution in [2.45, 2.75) is 10.8 Å². The van der Waals surface area contributed by atoms with Gasteiger partial charge in [0.25, 0.3) is 0 Å². The van der Waals surface area contributed by atoms with Crippen LogP contribution in [-0.4, -0.2) is 0 Å². The molecule has 0 heterocycles. The molecular formula is C90H48N6. The van der Waals surface area contributed by atoms with Crippen molar-refractivity contribution < 1.29 is 0 Å². The monoisotopic (exact) mass is 1210 g/mol. The molecule has 0 atom stereocenters. The number of hydrogen-bond acceptors (Lipinski definition) is 4. The van der Waals surface area contributed by atoms with Gasteiger partial charge in [-0.05, 0) is 164 Å². The molecule has 16 aromatic rings. The van der Waals surface area contributed by atoms with Gasteiger partial charge in [0.1, 0.15) is 12.1 Å². The van der Waals surface area contributed by atoms with Crippen molar-refractivity contribution in [3.8, 4) is 56.6 Å². The Morgan fingerprint density at radius 2 is 0.594 bits per heavy atom. The number of rotatable bonds is 6. The van der Waals surface area contributed by atoms with Crippen LogP contribution in [-0.2, 0) is 10.8 Å². The minimum absolute atomic E-state index is 0.306. The first-order valence-electron chi connectivity index (χ1n) is 32.3. The van der Waals surface area contributed by atoms with Gasteiger partial charge in [0.2, 0.25) is 0 Å². The van der Waals surface area contributed by atoms with Crippen molar-refractivity contribution in [1.82, 2.24) is 0 Å². The molecule has 6 heteroatoms. The van der Waals surface area contributed by atoms with E-state index in [4.69, 9.17) is 13.1 Å². The average molecular weight is 1210 g/mol. The molecule has 4 aliphatic carbocycles. The van der Waals surface area contributed by atoms with E-state index in [-0.39, 0.29) is 0 Å². The molecule has 0 bridgehead atoms. The van der Waals surface area contributed by atoms with Crippen LogP contribution < -0.4 is 9.80 Å². The summed E-state index contributed by atoms with van der Waals surface area (Å²) in [7, 11) is 0. The Balaban J connectivity index is 0.879. The molecule has 0 N–H and O–H groups in total. The van der Waals surface area contributed by atoms with Crippen molar-refractivity contribution in [2.24, 2.45) is 0 Å². The molecule has 4 aliphatic rings. The van der Waals surface area contributed by atoms with Gasteiger partial charge in [-0.15, -0.1) is 0 Å². The fraction of sp³-hybridized carbons (Fsp3) is 0.0222. The number of nitriles is 2. The maximum absolute atomic E-state index is 10.8. The molecule has 0 amide bonds. The first-order chi connectivity index (χ1) is 47.5. The van der Waals surface area contributed by atoms with Gasteiger partial charge in [0, 0.05) is 27.3 Å². The van der Waals surface area contributed by atoms with Crippen LogP contribution in [0.3, 0.4) is 0 Å². The molecule has 0 aliphatic heterocycles. The second-order valence-corrected chi connectivity index (χ2v) is 25.6. The molecule has 0 radical (unpaired) electrons. The first-order valence-corrected chi connectivity index (χ1v) is 32.3. The van der Waals surface area contributed by atoms with Crippen LogP contribution in [0.4, 0.5) is 45.5 Å². The molecule has 0 unspecified atom stereocenters. The fourth-order valence-electron chi connectivity index (χ4n) is 17.9. The summed E-state index contributed by atoms with van der Waals surface area (Å²) in [4.78, 5) is 12.7. The zero-order valence-electron chi connectivity index (χ0n) is 51.4. The molecule has 6 nitrogen and oxygen atoms in total. The first kappa shape index (κ1) is 53.3. The molecule has 2 spiro atoms. The Hall–Kier alpha value is -13.4. The second kappa shape index (κ2) is 19.6. The number of nitrogens with zero attached hydrogens (tertiary/aromatic N) is 6. The van der Waals surface area contributed by atoms with E-state index in [1.165, 1.54) is 66.8 Å². The number of anilines is 6. The lowest BCUT2D eigenvalue weighted by Crippen LogP contribution is -2.26. The number of benzene rings is 16. The molecule has 0 saturated carbocycles. The third-order valence-electron chi connectivity index (χ3n) is 21.5. The summed E-state index contributed by atoms with van der Waals surface area (Å²) >= 11 is 0. The Bertz CT molecular complexity index is 5900. The predicted octanol–water partition coefficient (Wildman–Crippen LogP) is 23.4. The van der Waals surface area contributed by atoms with Crippen LogP contribution in [0.15, 0.2) is 291 Å². The van der Waals surface area contributed by atoms with Gasteiger partial charge in [-0.2, -0.15) is 10.5 Å². The van der Waals surface area contributed by atoms with E-state index in [0.29, 0.717) is 22.5 Å². The van der Waals surface area contributed by atoms with E-state index >= 15 is 0 Å². The van der Waals surface area contributed by atoms with Crippen molar-refractivity contribution >= 4 is 99.4 Å². The lowest BCUT2D eigenvalue weighted by molar-refractivity contribution is 0.794. The van der Waals surface area contributed by atoms with E-state index in [0.717, 1.165) is 110 Å². The van der Waals surface area contributed by atoms with E-state index < -0.39 is 10.8 Å². The molecule has 16 aromatic carbocycles. The van der Waals surface area contributed by atoms with E-state index in [2.05, 4.69) is 292 Å². The van der Waals surface area contributed by atoms with Crippen LogP contribution in [0.5, 0.6) is 0 Å². The van der Waals surface area contributed by atoms with Gasteiger partial charge in [-0.25, -0.2) is 0 Å². The molecule has 96 heavy (non-hydrogen) atoms. The Morgan fingerprint density at radius 1 is 0.271 bits per heavy atom. The van der Waals surface area contributed by atoms with Gasteiger partial charge in [-0.1, -0.05) is 243 Å². The highest BCUT2D eigenvalue weighted by molar-refractivity contribution is 6.29. The maximum atomic E-state index is 10.8. The lowest BCUT2D eigenvalue weighted by Gasteiger charge is -2.33. The van der Waals surface area contributed by atoms with Gasteiger partial charge >= 0.3 is 0 Å². The minimum atomic E-state index is -0.616.